The van der Waals surface area contributed by atoms with Gasteiger partial charge in [-0.1, -0.05) is 91.0 Å². The number of nitrogens with zero attached hydrogens (tertiary/aromatic N) is 5. The third-order valence-corrected chi connectivity index (χ3v) is 9.80. The van der Waals surface area contributed by atoms with Gasteiger partial charge < -0.3 is 30.9 Å². The lowest BCUT2D eigenvalue weighted by atomic mass is 9.91. The van der Waals surface area contributed by atoms with Crippen LogP contribution in [0.5, 0.6) is 0 Å². The normalized spacial score (nSPS) is 21.0. The van der Waals surface area contributed by atoms with Gasteiger partial charge in [-0.3, -0.25) is 19.1 Å². The number of likely N-dealkylation sites (N-methyl/N-ethyl adjacent to an activating group) is 1. The Balaban J connectivity index is 1.16. The molecule has 3 aromatic carbocycles. The maximum Gasteiger partial charge on any atom is 0.289 e. The summed E-state index contributed by atoms with van der Waals surface area (Å²) in [5, 5.41) is 31.0. The first-order valence-corrected chi connectivity index (χ1v) is 17.8. The molecule has 5 aromatic rings. The van der Waals surface area contributed by atoms with Gasteiger partial charge in [-0.15, -0.1) is 0 Å². The number of benzene rings is 3. The minimum absolute atomic E-state index is 0.0548. The molecular weight excluding hydrogens is 660 g/mol. The summed E-state index contributed by atoms with van der Waals surface area (Å²) in [6.45, 7) is 5.05. The summed E-state index contributed by atoms with van der Waals surface area (Å²) in [6.07, 6.45) is -2.47. The van der Waals surface area contributed by atoms with E-state index in [-0.39, 0.29) is 23.4 Å². The number of fused-ring (bicyclic) bond motifs is 1. The molecule has 0 unspecified atom stereocenters. The molecule has 13 heteroatoms. The van der Waals surface area contributed by atoms with Gasteiger partial charge in [0.2, 0.25) is 5.82 Å². The van der Waals surface area contributed by atoms with Gasteiger partial charge in [-0.05, 0) is 36.5 Å². The molecule has 2 aliphatic rings. The average molecular weight is 705 g/mol. The summed E-state index contributed by atoms with van der Waals surface area (Å²) in [4.78, 5) is 42.8. The SMILES string of the molecule is CCNC(=O)[C@H]1O[C@@H](n2cnc3c(NCC(c4ccccc4)c4ccccc4)nc(C(=O)NC4CCN(Cc5ccccc5)CC4)nc32)[C@@H](O)[C@@H]1O. The zero-order valence-corrected chi connectivity index (χ0v) is 29.0. The molecule has 2 aliphatic heterocycles. The Morgan fingerprint density at radius 2 is 1.52 bits per heavy atom. The van der Waals surface area contributed by atoms with Gasteiger partial charge in [-0.2, -0.15) is 0 Å². The minimum Gasteiger partial charge on any atom is -0.387 e. The van der Waals surface area contributed by atoms with Crippen molar-refractivity contribution in [2.45, 2.75) is 62.8 Å². The number of amides is 2. The van der Waals surface area contributed by atoms with E-state index in [1.54, 1.807) is 6.92 Å². The van der Waals surface area contributed by atoms with Crippen molar-refractivity contribution in [2.24, 2.45) is 0 Å². The molecule has 0 saturated carbocycles. The van der Waals surface area contributed by atoms with Crippen molar-refractivity contribution < 1.29 is 24.5 Å². The summed E-state index contributed by atoms with van der Waals surface area (Å²) in [5.74, 6) is -0.777. The molecule has 13 nitrogen and oxygen atoms in total. The van der Waals surface area contributed by atoms with Gasteiger partial charge in [-0.25, -0.2) is 15.0 Å². The van der Waals surface area contributed by atoms with Gasteiger partial charge in [0.15, 0.2) is 29.3 Å². The van der Waals surface area contributed by atoms with E-state index in [1.165, 1.54) is 16.5 Å². The summed E-state index contributed by atoms with van der Waals surface area (Å²) >= 11 is 0. The van der Waals surface area contributed by atoms with E-state index in [4.69, 9.17) is 9.72 Å². The molecule has 4 atom stereocenters. The first-order chi connectivity index (χ1) is 25.4. The number of aliphatic hydroxyl groups is 2. The van der Waals surface area contributed by atoms with E-state index in [0.717, 1.165) is 43.6 Å². The number of anilines is 1. The van der Waals surface area contributed by atoms with E-state index in [2.05, 4.69) is 67.2 Å². The lowest BCUT2D eigenvalue weighted by molar-refractivity contribution is -0.137. The molecule has 0 bridgehead atoms. The number of aliphatic hydroxyl groups excluding tert-OH is 2. The number of carbonyl (C=O) groups excluding carboxylic acids is 2. The van der Waals surface area contributed by atoms with Crippen LogP contribution in [-0.4, -0.2) is 97.0 Å². The molecule has 2 amide bonds. The van der Waals surface area contributed by atoms with Crippen molar-refractivity contribution in [3.8, 4) is 0 Å². The number of likely N-dealkylation sites (tertiary alicyclic amines) is 1. The molecule has 52 heavy (non-hydrogen) atoms. The first kappa shape index (κ1) is 35.2. The van der Waals surface area contributed by atoms with Gasteiger partial charge in [0, 0.05) is 44.7 Å². The summed E-state index contributed by atoms with van der Waals surface area (Å²) in [6, 6.07) is 30.5. The van der Waals surface area contributed by atoms with Crippen molar-refractivity contribution in [2.75, 3.05) is 31.5 Å². The highest BCUT2D eigenvalue weighted by Gasteiger charge is 2.47. The lowest BCUT2D eigenvalue weighted by Gasteiger charge is -2.32. The fourth-order valence-corrected chi connectivity index (χ4v) is 7.03. The maximum absolute atomic E-state index is 13.9. The number of ether oxygens (including phenoxy) is 1. The number of carbonyl (C=O) groups is 2. The van der Waals surface area contributed by atoms with Crippen LogP contribution in [0.4, 0.5) is 5.82 Å². The Morgan fingerprint density at radius 3 is 2.15 bits per heavy atom. The van der Waals surface area contributed by atoms with Crippen molar-refractivity contribution in [3.63, 3.8) is 0 Å². The van der Waals surface area contributed by atoms with E-state index in [0.29, 0.717) is 24.4 Å². The third-order valence-electron chi connectivity index (χ3n) is 9.80. The summed E-state index contributed by atoms with van der Waals surface area (Å²) in [7, 11) is 0. The third kappa shape index (κ3) is 7.67. The first-order valence-electron chi connectivity index (χ1n) is 17.8. The van der Waals surface area contributed by atoms with Gasteiger partial charge in [0.05, 0.1) is 6.33 Å². The van der Waals surface area contributed by atoms with Crippen LogP contribution in [0.15, 0.2) is 97.3 Å². The van der Waals surface area contributed by atoms with Crippen LogP contribution in [0.2, 0.25) is 0 Å². The Kier molecular flexibility index (Phi) is 10.8. The molecule has 2 saturated heterocycles. The second-order valence-corrected chi connectivity index (χ2v) is 13.3. The number of imidazole rings is 1. The van der Waals surface area contributed by atoms with Crippen molar-refractivity contribution >= 4 is 28.8 Å². The number of nitrogens with one attached hydrogen (secondary N) is 3. The average Bonchev–Trinajstić information content (AvgIpc) is 3.73. The van der Waals surface area contributed by atoms with E-state index in [9.17, 15) is 19.8 Å². The summed E-state index contributed by atoms with van der Waals surface area (Å²) < 4.78 is 7.35. The fourth-order valence-electron chi connectivity index (χ4n) is 7.03. The Hall–Kier alpha value is -5.21. The molecular formula is C39H44N8O5. The van der Waals surface area contributed by atoms with E-state index < -0.39 is 36.4 Å². The number of piperidine rings is 1. The van der Waals surface area contributed by atoms with Crippen LogP contribution in [0.3, 0.4) is 0 Å². The van der Waals surface area contributed by atoms with Crippen molar-refractivity contribution in [1.82, 2.24) is 35.1 Å². The fraction of sp³-hybridized carbons (Fsp3) is 0.359. The highest BCUT2D eigenvalue weighted by atomic mass is 16.6. The molecule has 7 rings (SSSR count). The molecule has 0 radical (unpaired) electrons. The van der Waals surface area contributed by atoms with Crippen molar-refractivity contribution in [3.05, 3.63) is 120 Å². The van der Waals surface area contributed by atoms with Crippen molar-refractivity contribution in [1.29, 1.82) is 0 Å². The maximum atomic E-state index is 13.9. The number of rotatable bonds is 12. The molecule has 0 spiro atoms. The Morgan fingerprint density at radius 1 is 0.885 bits per heavy atom. The Bertz CT molecular complexity index is 1910. The van der Waals surface area contributed by atoms with Crippen LogP contribution in [0.1, 0.15) is 59.2 Å². The number of hydrogen-bond donors (Lipinski definition) is 5. The Labute approximate surface area is 302 Å². The monoisotopic (exact) mass is 704 g/mol. The zero-order valence-electron chi connectivity index (χ0n) is 29.0. The zero-order chi connectivity index (χ0) is 36.0. The van der Waals surface area contributed by atoms with Crippen LogP contribution < -0.4 is 16.0 Å². The predicted molar refractivity (Wildman–Crippen MR) is 195 cm³/mol. The topological polar surface area (TPSA) is 167 Å². The second-order valence-electron chi connectivity index (χ2n) is 13.3. The van der Waals surface area contributed by atoms with Crippen LogP contribution in [0, 0.1) is 0 Å². The molecule has 270 valence electrons. The molecule has 2 fully saturated rings. The van der Waals surface area contributed by atoms with Gasteiger partial charge >= 0.3 is 0 Å². The van der Waals surface area contributed by atoms with Crippen LogP contribution in [0.25, 0.3) is 11.2 Å². The summed E-state index contributed by atoms with van der Waals surface area (Å²) in [5.41, 5.74) is 4.01. The predicted octanol–water partition coefficient (Wildman–Crippen LogP) is 3.22. The minimum atomic E-state index is -1.48. The van der Waals surface area contributed by atoms with E-state index >= 15 is 0 Å². The van der Waals surface area contributed by atoms with Crippen LogP contribution in [-0.2, 0) is 16.1 Å². The lowest BCUT2D eigenvalue weighted by Crippen LogP contribution is -2.44. The van der Waals surface area contributed by atoms with Gasteiger partial charge in [0.25, 0.3) is 11.8 Å². The largest absolute Gasteiger partial charge is 0.387 e. The highest BCUT2D eigenvalue weighted by Crippen LogP contribution is 2.33. The second kappa shape index (κ2) is 16.0. The number of hydrogen-bond acceptors (Lipinski definition) is 10. The van der Waals surface area contributed by atoms with Gasteiger partial charge in [0.1, 0.15) is 12.2 Å². The van der Waals surface area contributed by atoms with Crippen LogP contribution >= 0.6 is 0 Å². The molecule has 0 aliphatic carbocycles. The quantitative estimate of drug-likeness (QED) is 0.130. The highest BCUT2D eigenvalue weighted by molar-refractivity contribution is 5.94. The molecule has 5 N–H and O–H groups in total. The molecule has 4 heterocycles. The number of aromatic nitrogens is 4. The van der Waals surface area contributed by atoms with E-state index in [1.807, 2.05) is 54.6 Å². The molecule has 2 aromatic heterocycles. The smallest absolute Gasteiger partial charge is 0.289 e. The standard InChI is InChI=1S/C39H44N8O5/c1-2-40-37(50)33-31(48)32(49)39(52-33)47-24-42-30-34(41-22-29(26-14-8-4-9-15-26)27-16-10-5-11-17-27)44-35(45-36(30)47)38(51)43-28-18-20-46(21-19-28)23-25-12-6-3-7-13-25/h3-17,24,28-29,31-33,39,48-49H,2,18-23H2,1H3,(H,40,50)(H,43,51)(H,41,44,45)/t31-,32-,33-,39+/m0/s1.